The van der Waals surface area contributed by atoms with Crippen LogP contribution < -0.4 is 0 Å². The summed E-state index contributed by atoms with van der Waals surface area (Å²) in [5.74, 6) is 0.630. The van der Waals surface area contributed by atoms with Crippen LogP contribution in [0.15, 0.2) is 18.5 Å². The summed E-state index contributed by atoms with van der Waals surface area (Å²) >= 11 is 0. The summed E-state index contributed by atoms with van der Waals surface area (Å²) in [6, 6.07) is 1.92. The van der Waals surface area contributed by atoms with Crippen LogP contribution in [0, 0.1) is 0 Å². The summed E-state index contributed by atoms with van der Waals surface area (Å²) in [5.41, 5.74) is 1.75. The number of aryl methyl sites for hydroxylation is 3. The van der Waals surface area contributed by atoms with E-state index in [1.807, 2.05) is 37.8 Å². The van der Waals surface area contributed by atoms with E-state index in [4.69, 9.17) is 0 Å². The Labute approximate surface area is 94.4 Å². The molecule has 0 aliphatic rings. The number of rotatable bonds is 3. The van der Waals surface area contributed by atoms with Crippen molar-refractivity contribution in [1.29, 1.82) is 0 Å². The second-order valence-corrected chi connectivity index (χ2v) is 3.84. The minimum absolute atomic E-state index is 0.630. The van der Waals surface area contributed by atoms with Crippen molar-refractivity contribution in [2.24, 2.45) is 14.1 Å². The van der Waals surface area contributed by atoms with E-state index in [-0.39, 0.29) is 0 Å². The van der Waals surface area contributed by atoms with Gasteiger partial charge in [0.05, 0.1) is 11.4 Å². The second-order valence-electron chi connectivity index (χ2n) is 3.84. The highest BCUT2D eigenvalue weighted by Gasteiger charge is 2.19. The first-order valence-electron chi connectivity index (χ1n) is 5.31. The highest BCUT2D eigenvalue weighted by Crippen LogP contribution is 2.20. The van der Waals surface area contributed by atoms with Crippen LogP contribution in [0.4, 0.5) is 0 Å². The third-order valence-corrected chi connectivity index (χ3v) is 2.71. The van der Waals surface area contributed by atoms with Crippen molar-refractivity contribution < 1.29 is 5.11 Å². The normalized spacial score (nSPS) is 13.0. The summed E-state index contributed by atoms with van der Waals surface area (Å²) < 4.78 is 3.52. The molecule has 0 aromatic carbocycles. The number of aliphatic hydroxyl groups excluding tert-OH is 1. The largest absolute Gasteiger partial charge is 0.379 e. The molecule has 0 bridgehead atoms. The van der Waals surface area contributed by atoms with Crippen LogP contribution in [-0.4, -0.2) is 24.4 Å². The Bertz CT molecular complexity index is 486. The molecule has 1 atom stereocenters. The SMILES string of the molecule is CCc1cc(C(O)c2nccn2C)n(C)n1. The van der Waals surface area contributed by atoms with Gasteiger partial charge in [-0.25, -0.2) is 4.98 Å². The minimum Gasteiger partial charge on any atom is -0.379 e. The van der Waals surface area contributed by atoms with Crippen molar-refractivity contribution >= 4 is 0 Å². The lowest BCUT2D eigenvalue weighted by Crippen LogP contribution is -2.11. The Morgan fingerprint density at radius 1 is 1.44 bits per heavy atom. The van der Waals surface area contributed by atoms with E-state index in [9.17, 15) is 5.11 Å². The molecule has 2 heterocycles. The lowest BCUT2D eigenvalue weighted by atomic mass is 10.2. The molecular formula is C11H16N4O. The fourth-order valence-corrected chi connectivity index (χ4v) is 1.74. The Kier molecular flexibility index (Phi) is 2.78. The first-order valence-corrected chi connectivity index (χ1v) is 5.31. The summed E-state index contributed by atoms with van der Waals surface area (Å²) in [6.07, 6.45) is 3.63. The molecule has 16 heavy (non-hydrogen) atoms. The Hall–Kier alpha value is -1.62. The van der Waals surface area contributed by atoms with Gasteiger partial charge in [0, 0.05) is 26.5 Å². The number of hydrogen-bond donors (Lipinski definition) is 1. The van der Waals surface area contributed by atoms with Crippen molar-refractivity contribution in [3.8, 4) is 0 Å². The average Bonchev–Trinajstić information content (AvgIpc) is 2.83. The van der Waals surface area contributed by atoms with Gasteiger partial charge in [-0.2, -0.15) is 5.10 Å². The molecular weight excluding hydrogens is 204 g/mol. The molecule has 2 aromatic rings. The van der Waals surface area contributed by atoms with Crippen molar-refractivity contribution in [3.05, 3.63) is 35.7 Å². The predicted molar refractivity (Wildman–Crippen MR) is 59.9 cm³/mol. The van der Waals surface area contributed by atoms with Crippen LogP contribution in [0.3, 0.4) is 0 Å². The molecule has 0 aliphatic heterocycles. The zero-order valence-electron chi connectivity index (χ0n) is 9.75. The lowest BCUT2D eigenvalue weighted by Gasteiger charge is -2.10. The van der Waals surface area contributed by atoms with Gasteiger partial charge in [0.15, 0.2) is 6.10 Å². The maximum absolute atomic E-state index is 10.2. The summed E-state index contributed by atoms with van der Waals surface area (Å²) in [7, 11) is 3.70. The molecule has 86 valence electrons. The zero-order chi connectivity index (χ0) is 11.7. The van der Waals surface area contributed by atoms with Gasteiger partial charge in [-0.15, -0.1) is 0 Å². The number of hydrogen-bond acceptors (Lipinski definition) is 3. The maximum atomic E-state index is 10.2. The molecule has 0 amide bonds. The molecule has 0 radical (unpaired) electrons. The van der Waals surface area contributed by atoms with E-state index in [1.165, 1.54) is 0 Å². The summed E-state index contributed by atoms with van der Waals surface area (Å²) in [4.78, 5) is 4.14. The van der Waals surface area contributed by atoms with Crippen LogP contribution in [-0.2, 0) is 20.5 Å². The topological polar surface area (TPSA) is 55.9 Å². The fourth-order valence-electron chi connectivity index (χ4n) is 1.74. The summed E-state index contributed by atoms with van der Waals surface area (Å²) in [5, 5.41) is 14.5. The van der Waals surface area contributed by atoms with E-state index < -0.39 is 6.10 Å². The van der Waals surface area contributed by atoms with Gasteiger partial charge in [-0.05, 0) is 12.5 Å². The third-order valence-electron chi connectivity index (χ3n) is 2.71. The number of nitrogens with zero attached hydrogens (tertiary/aromatic N) is 4. The van der Waals surface area contributed by atoms with Crippen LogP contribution in [0.25, 0.3) is 0 Å². The van der Waals surface area contributed by atoms with Crippen LogP contribution in [0.1, 0.15) is 30.2 Å². The Balaban J connectivity index is 2.37. The number of imidazole rings is 1. The molecule has 2 rings (SSSR count). The number of aromatic nitrogens is 4. The molecule has 0 aliphatic carbocycles. The zero-order valence-corrected chi connectivity index (χ0v) is 9.75. The molecule has 1 unspecified atom stereocenters. The van der Waals surface area contributed by atoms with Gasteiger partial charge in [0.1, 0.15) is 5.82 Å². The first kappa shape index (κ1) is 10.9. The molecule has 2 aromatic heterocycles. The molecule has 0 saturated heterocycles. The van der Waals surface area contributed by atoms with E-state index in [0.717, 1.165) is 17.8 Å². The van der Waals surface area contributed by atoms with E-state index in [1.54, 1.807) is 10.9 Å². The monoisotopic (exact) mass is 220 g/mol. The van der Waals surface area contributed by atoms with Crippen molar-refractivity contribution in [2.75, 3.05) is 0 Å². The van der Waals surface area contributed by atoms with Gasteiger partial charge in [-0.1, -0.05) is 6.92 Å². The summed E-state index contributed by atoms with van der Waals surface area (Å²) in [6.45, 7) is 2.04. The van der Waals surface area contributed by atoms with Crippen LogP contribution >= 0.6 is 0 Å². The van der Waals surface area contributed by atoms with Crippen LogP contribution in [0.2, 0.25) is 0 Å². The molecule has 0 spiro atoms. The number of aliphatic hydroxyl groups is 1. The Morgan fingerprint density at radius 3 is 2.69 bits per heavy atom. The fraction of sp³-hybridized carbons (Fsp3) is 0.455. The lowest BCUT2D eigenvalue weighted by molar-refractivity contribution is 0.196. The van der Waals surface area contributed by atoms with E-state index in [2.05, 4.69) is 10.1 Å². The van der Waals surface area contributed by atoms with Gasteiger partial charge >= 0.3 is 0 Å². The van der Waals surface area contributed by atoms with E-state index in [0.29, 0.717) is 5.82 Å². The predicted octanol–water partition coefficient (Wildman–Crippen LogP) is 0.798. The van der Waals surface area contributed by atoms with Gasteiger partial charge in [0.25, 0.3) is 0 Å². The third kappa shape index (κ3) is 1.74. The standard InChI is InChI=1S/C11H16N4O/c1-4-8-7-9(15(3)13-8)10(16)11-12-5-6-14(11)2/h5-7,10,16H,4H2,1-3H3. The minimum atomic E-state index is -0.724. The second kappa shape index (κ2) is 4.09. The smallest absolute Gasteiger partial charge is 0.153 e. The van der Waals surface area contributed by atoms with Gasteiger partial charge in [0.2, 0.25) is 0 Å². The quantitative estimate of drug-likeness (QED) is 0.832. The molecule has 5 heteroatoms. The first-order chi connectivity index (χ1) is 7.63. The maximum Gasteiger partial charge on any atom is 0.153 e. The van der Waals surface area contributed by atoms with Crippen molar-refractivity contribution in [2.45, 2.75) is 19.4 Å². The molecule has 0 fully saturated rings. The highest BCUT2D eigenvalue weighted by molar-refractivity contribution is 5.18. The highest BCUT2D eigenvalue weighted by atomic mass is 16.3. The van der Waals surface area contributed by atoms with E-state index >= 15 is 0 Å². The van der Waals surface area contributed by atoms with Crippen molar-refractivity contribution in [1.82, 2.24) is 19.3 Å². The van der Waals surface area contributed by atoms with Crippen LogP contribution in [0.5, 0.6) is 0 Å². The van der Waals surface area contributed by atoms with Gasteiger partial charge in [-0.3, -0.25) is 4.68 Å². The van der Waals surface area contributed by atoms with Gasteiger partial charge < -0.3 is 9.67 Å². The molecule has 5 nitrogen and oxygen atoms in total. The Morgan fingerprint density at radius 2 is 2.19 bits per heavy atom. The molecule has 1 N–H and O–H groups in total. The molecule has 0 saturated carbocycles. The van der Waals surface area contributed by atoms with Crippen molar-refractivity contribution in [3.63, 3.8) is 0 Å². The average molecular weight is 220 g/mol.